The first-order valence-electron chi connectivity index (χ1n) is 6.60. The molecule has 0 radical (unpaired) electrons. The first kappa shape index (κ1) is 13.6. The quantitative estimate of drug-likeness (QED) is 0.900. The number of carbonyl (C=O) groups excluding carboxylic acids is 1. The Morgan fingerprint density at radius 3 is 2.83 bits per heavy atom. The molecule has 2 unspecified atom stereocenters. The first-order valence-corrected chi connectivity index (χ1v) is 7.40. The summed E-state index contributed by atoms with van der Waals surface area (Å²) in [6, 6.07) is 5.83. The van der Waals surface area contributed by atoms with Crippen LogP contribution in [0, 0.1) is 18.8 Å². The van der Waals surface area contributed by atoms with Crippen LogP contribution in [0.4, 0.5) is 0 Å². The maximum atomic E-state index is 12.1. The van der Waals surface area contributed by atoms with Gasteiger partial charge in [0.05, 0.1) is 5.56 Å². The van der Waals surface area contributed by atoms with Crippen LogP contribution in [-0.4, -0.2) is 12.5 Å². The molecule has 1 aromatic rings. The molecule has 0 heterocycles. The molecule has 2 rings (SSSR count). The van der Waals surface area contributed by atoms with Gasteiger partial charge >= 0.3 is 0 Å². The Hall–Kier alpha value is -0.830. The molecule has 1 saturated carbocycles. The second kappa shape index (κ2) is 5.87. The Bertz CT molecular complexity index is 444. The zero-order valence-electron chi connectivity index (χ0n) is 11.0. The molecular formula is C15H20BrNO. The van der Waals surface area contributed by atoms with E-state index in [4.69, 9.17) is 0 Å². The lowest BCUT2D eigenvalue weighted by molar-refractivity contribution is 0.0946. The normalized spacial score (nSPS) is 23.1. The number of benzene rings is 1. The Morgan fingerprint density at radius 1 is 1.44 bits per heavy atom. The van der Waals surface area contributed by atoms with E-state index >= 15 is 0 Å². The molecule has 0 aromatic heterocycles. The zero-order valence-corrected chi connectivity index (χ0v) is 12.6. The molecule has 1 aromatic carbocycles. The van der Waals surface area contributed by atoms with E-state index in [0.717, 1.165) is 28.1 Å². The molecule has 0 saturated heterocycles. The lowest BCUT2D eigenvalue weighted by atomic mass is 10.1. The van der Waals surface area contributed by atoms with Crippen molar-refractivity contribution in [3.8, 4) is 0 Å². The molecule has 98 valence electrons. The maximum absolute atomic E-state index is 12.1. The summed E-state index contributed by atoms with van der Waals surface area (Å²) < 4.78 is 0.875. The monoisotopic (exact) mass is 309 g/mol. The Morgan fingerprint density at radius 2 is 2.22 bits per heavy atom. The van der Waals surface area contributed by atoms with Gasteiger partial charge in [-0.25, -0.2) is 0 Å². The number of halogens is 1. The molecule has 1 aliphatic rings. The summed E-state index contributed by atoms with van der Waals surface area (Å²) >= 11 is 3.45. The van der Waals surface area contributed by atoms with Crippen molar-refractivity contribution in [1.82, 2.24) is 5.32 Å². The fraction of sp³-hybridized carbons (Fsp3) is 0.533. The lowest BCUT2D eigenvalue weighted by Gasteiger charge is -2.12. The summed E-state index contributed by atoms with van der Waals surface area (Å²) in [4.78, 5) is 12.1. The molecule has 2 atom stereocenters. The van der Waals surface area contributed by atoms with Gasteiger partial charge in [-0.15, -0.1) is 0 Å². The molecule has 1 amide bonds. The summed E-state index contributed by atoms with van der Waals surface area (Å²) in [7, 11) is 0. The van der Waals surface area contributed by atoms with E-state index in [0.29, 0.717) is 5.92 Å². The van der Waals surface area contributed by atoms with Crippen LogP contribution in [0.5, 0.6) is 0 Å². The number of carbonyl (C=O) groups is 1. The van der Waals surface area contributed by atoms with Crippen LogP contribution in [0.2, 0.25) is 0 Å². The third-order valence-corrected chi connectivity index (χ3v) is 4.38. The van der Waals surface area contributed by atoms with Crippen molar-refractivity contribution >= 4 is 21.8 Å². The van der Waals surface area contributed by atoms with E-state index < -0.39 is 0 Å². The molecule has 3 heteroatoms. The third-order valence-electron chi connectivity index (χ3n) is 3.72. The average molecular weight is 310 g/mol. The summed E-state index contributed by atoms with van der Waals surface area (Å²) in [5.41, 5.74) is 1.88. The highest BCUT2D eigenvalue weighted by atomic mass is 79.9. The summed E-state index contributed by atoms with van der Waals surface area (Å²) in [5.74, 6) is 1.51. The molecular weight excluding hydrogens is 290 g/mol. The minimum absolute atomic E-state index is 0.0291. The van der Waals surface area contributed by atoms with Crippen LogP contribution in [0.15, 0.2) is 22.7 Å². The molecule has 1 fully saturated rings. The van der Waals surface area contributed by atoms with Crippen molar-refractivity contribution in [2.45, 2.75) is 33.1 Å². The smallest absolute Gasteiger partial charge is 0.252 e. The third kappa shape index (κ3) is 3.35. The molecule has 18 heavy (non-hydrogen) atoms. The second-order valence-corrected chi connectivity index (χ2v) is 6.33. The van der Waals surface area contributed by atoms with E-state index in [1.807, 2.05) is 25.1 Å². The van der Waals surface area contributed by atoms with E-state index in [1.165, 1.54) is 19.3 Å². The standard InChI is InChI=1S/C15H20BrNO/c1-10-3-5-12(7-10)9-17-15(18)13-6-4-11(2)8-14(13)16/h4,6,8,10,12H,3,5,7,9H2,1-2H3,(H,17,18). The summed E-state index contributed by atoms with van der Waals surface area (Å²) in [6.07, 6.45) is 3.79. The predicted octanol–water partition coefficient (Wildman–Crippen LogP) is 3.92. The van der Waals surface area contributed by atoms with Crippen molar-refractivity contribution in [2.24, 2.45) is 11.8 Å². The van der Waals surface area contributed by atoms with Crippen molar-refractivity contribution in [1.29, 1.82) is 0 Å². The van der Waals surface area contributed by atoms with Gasteiger partial charge in [0.15, 0.2) is 0 Å². The summed E-state index contributed by atoms with van der Waals surface area (Å²) in [6.45, 7) is 5.12. The van der Waals surface area contributed by atoms with Gasteiger partial charge in [0, 0.05) is 11.0 Å². The molecule has 2 nitrogen and oxygen atoms in total. The number of aryl methyl sites for hydroxylation is 1. The Balaban J connectivity index is 1.91. The SMILES string of the molecule is Cc1ccc(C(=O)NCC2CCC(C)C2)c(Br)c1. The van der Waals surface area contributed by atoms with Crippen molar-refractivity contribution in [2.75, 3.05) is 6.54 Å². The molecule has 1 N–H and O–H groups in total. The van der Waals surface area contributed by atoms with Crippen molar-refractivity contribution < 1.29 is 4.79 Å². The molecule has 1 aliphatic carbocycles. The van der Waals surface area contributed by atoms with Gasteiger partial charge < -0.3 is 5.32 Å². The number of hydrogen-bond acceptors (Lipinski definition) is 1. The van der Waals surface area contributed by atoms with E-state index in [1.54, 1.807) is 0 Å². The topological polar surface area (TPSA) is 29.1 Å². The van der Waals surface area contributed by atoms with Crippen LogP contribution in [-0.2, 0) is 0 Å². The van der Waals surface area contributed by atoms with Gasteiger partial charge in [0.25, 0.3) is 5.91 Å². The Kier molecular flexibility index (Phi) is 4.44. The highest BCUT2D eigenvalue weighted by Gasteiger charge is 2.22. The Labute approximate surface area is 117 Å². The number of amides is 1. The summed E-state index contributed by atoms with van der Waals surface area (Å²) in [5, 5.41) is 3.05. The number of hydrogen-bond donors (Lipinski definition) is 1. The van der Waals surface area contributed by atoms with Gasteiger partial charge in [0.1, 0.15) is 0 Å². The highest BCUT2D eigenvalue weighted by molar-refractivity contribution is 9.10. The van der Waals surface area contributed by atoms with E-state index in [2.05, 4.69) is 28.2 Å². The van der Waals surface area contributed by atoms with Crippen molar-refractivity contribution in [3.05, 3.63) is 33.8 Å². The predicted molar refractivity (Wildman–Crippen MR) is 77.7 cm³/mol. The second-order valence-electron chi connectivity index (χ2n) is 5.48. The molecule has 0 aliphatic heterocycles. The lowest BCUT2D eigenvalue weighted by Crippen LogP contribution is -2.28. The van der Waals surface area contributed by atoms with Gasteiger partial charge in [-0.05, 0) is 65.2 Å². The maximum Gasteiger partial charge on any atom is 0.252 e. The minimum Gasteiger partial charge on any atom is -0.352 e. The minimum atomic E-state index is 0.0291. The fourth-order valence-corrected chi connectivity index (χ4v) is 3.32. The van der Waals surface area contributed by atoms with Gasteiger partial charge in [0.2, 0.25) is 0 Å². The number of rotatable bonds is 3. The van der Waals surface area contributed by atoms with Gasteiger partial charge in [-0.3, -0.25) is 4.79 Å². The largest absolute Gasteiger partial charge is 0.352 e. The zero-order chi connectivity index (χ0) is 13.1. The number of nitrogens with one attached hydrogen (secondary N) is 1. The van der Waals surface area contributed by atoms with Gasteiger partial charge in [-0.2, -0.15) is 0 Å². The van der Waals surface area contributed by atoms with Gasteiger partial charge in [-0.1, -0.05) is 19.4 Å². The fourth-order valence-electron chi connectivity index (χ4n) is 2.65. The molecule has 0 spiro atoms. The van der Waals surface area contributed by atoms with Crippen LogP contribution < -0.4 is 5.32 Å². The van der Waals surface area contributed by atoms with Crippen molar-refractivity contribution in [3.63, 3.8) is 0 Å². The molecule has 0 bridgehead atoms. The van der Waals surface area contributed by atoms with Crippen LogP contribution in [0.25, 0.3) is 0 Å². The van der Waals surface area contributed by atoms with Crippen LogP contribution >= 0.6 is 15.9 Å². The van der Waals surface area contributed by atoms with Crippen LogP contribution in [0.1, 0.15) is 42.1 Å². The first-order chi connectivity index (χ1) is 8.56. The van der Waals surface area contributed by atoms with E-state index in [9.17, 15) is 4.79 Å². The van der Waals surface area contributed by atoms with E-state index in [-0.39, 0.29) is 5.91 Å². The highest BCUT2D eigenvalue weighted by Crippen LogP contribution is 2.29. The average Bonchev–Trinajstić information content (AvgIpc) is 2.72. The van der Waals surface area contributed by atoms with Crippen LogP contribution in [0.3, 0.4) is 0 Å².